The Morgan fingerprint density at radius 3 is 2.23 bits per heavy atom. The van der Waals surface area contributed by atoms with Crippen LogP contribution in [0.15, 0.2) is 82.7 Å². The predicted molar refractivity (Wildman–Crippen MR) is 129 cm³/mol. The van der Waals surface area contributed by atoms with Crippen LogP contribution in [0, 0.1) is 5.41 Å². The Bertz CT molecular complexity index is 1470. The van der Waals surface area contributed by atoms with E-state index >= 15 is 0 Å². The summed E-state index contributed by atoms with van der Waals surface area (Å²) >= 11 is 1.95. The van der Waals surface area contributed by atoms with Crippen molar-refractivity contribution in [2.45, 2.75) is 37.0 Å². The van der Waals surface area contributed by atoms with Gasteiger partial charge in [0, 0.05) is 26.9 Å². The Labute approximate surface area is 181 Å². The first-order chi connectivity index (χ1) is 14.5. The van der Waals surface area contributed by atoms with Gasteiger partial charge in [-0.3, -0.25) is 4.98 Å². The number of fused-ring (bicyclic) bond motifs is 5. The summed E-state index contributed by atoms with van der Waals surface area (Å²) in [4.78, 5) is 7.65. The average molecular weight is 406 g/mol. The van der Waals surface area contributed by atoms with Gasteiger partial charge in [0.2, 0.25) is 0 Å². The Kier molecular flexibility index (Phi) is 3.79. The number of rotatable bonds is 1. The summed E-state index contributed by atoms with van der Waals surface area (Å²) in [6.45, 7) is 6.99. The predicted octanol–water partition coefficient (Wildman–Crippen LogP) is 8.26. The highest BCUT2D eigenvalue weighted by molar-refractivity contribution is 8.00. The Morgan fingerprint density at radius 1 is 0.767 bits per heavy atom. The molecule has 0 aliphatic carbocycles. The van der Waals surface area contributed by atoms with Gasteiger partial charge in [0.05, 0.1) is 5.69 Å². The Balaban J connectivity index is 1.77. The number of pyridine rings is 1. The van der Waals surface area contributed by atoms with Gasteiger partial charge in [-0.15, -0.1) is 0 Å². The molecule has 0 unspecified atom stereocenters. The summed E-state index contributed by atoms with van der Waals surface area (Å²) in [7, 11) is 0. The maximum Gasteiger partial charge on any atom is 0.0803 e. The molecule has 1 aliphatic heterocycles. The van der Waals surface area contributed by atoms with Crippen molar-refractivity contribution >= 4 is 44.1 Å². The van der Waals surface area contributed by atoms with E-state index in [-0.39, 0.29) is 5.41 Å². The van der Waals surface area contributed by atoms with Crippen LogP contribution < -0.4 is 0 Å². The zero-order chi connectivity index (χ0) is 20.5. The molecule has 0 fully saturated rings. The number of benzene rings is 4. The molecule has 0 atom stereocenters. The third-order valence-electron chi connectivity index (χ3n) is 6.00. The van der Waals surface area contributed by atoms with Gasteiger partial charge < -0.3 is 0 Å². The lowest BCUT2D eigenvalue weighted by molar-refractivity contribution is 0.410. The number of hydrogen-bond acceptors (Lipinski definition) is 2. The van der Waals surface area contributed by atoms with Crippen molar-refractivity contribution in [1.29, 1.82) is 0 Å². The molecule has 0 saturated carbocycles. The molecule has 0 amide bonds. The van der Waals surface area contributed by atoms with Gasteiger partial charge >= 0.3 is 0 Å². The minimum atomic E-state index is 0.205. The minimum Gasteiger partial charge on any atom is -0.256 e. The van der Waals surface area contributed by atoms with Crippen molar-refractivity contribution in [3.05, 3.63) is 78.5 Å². The number of nitrogens with zero attached hydrogens (tertiary/aromatic N) is 1. The fourth-order valence-electron chi connectivity index (χ4n) is 4.78. The normalized spacial score (nSPS) is 13.2. The Hall–Kier alpha value is -2.84. The van der Waals surface area contributed by atoms with Crippen molar-refractivity contribution in [1.82, 2.24) is 4.98 Å². The van der Waals surface area contributed by atoms with E-state index < -0.39 is 0 Å². The van der Waals surface area contributed by atoms with Gasteiger partial charge in [0.25, 0.3) is 0 Å². The molecule has 1 nitrogen and oxygen atoms in total. The molecule has 0 radical (unpaired) electrons. The van der Waals surface area contributed by atoms with Crippen LogP contribution in [0.2, 0.25) is 0 Å². The average Bonchev–Trinajstić information content (AvgIpc) is 2.73. The molecule has 1 aromatic heterocycles. The van der Waals surface area contributed by atoms with Gasteiger partial charge in [0.1, 0.15) is 0 Å². The molecule has 4 aromatic carbocycles. The van der Waals surface area contributed by atoms with Crippen LogP contribution in [0.1, 0.15) is 26.3 Å². The lowest BCUT2D eigenvalue weighted by atomic mass is 9.84. The molecular weight excluding hydrogens is 382 g/mol. The van der Waals surface area contributed by atoms with Crippen molar-refractivity contribution in [2.24, 2.45) is 5.41 Å². The van der Waals surface area contributed by atoms with E-state index in [9.17, 15) is 0 Å². The van der Waals surface area contributed by atoms with Crippen LogP contribution in [0.5, 0.6) is 0 Å². The highest BCUT2D eigenvalue weighted by Crippen LogP contribution is 2.53. The van der Waals surface area contributed by atoms with Crippen LogP contribution in [-0.4, -0.2) is 4.98 Å². The topological polar surface area (TPSA) is 12.9 Å². The molecule has 5 aromatic rings. The molecular formula is C28H23NS. The summed E-state index contributed by atoms with van der Waals surface area (Å²) in [5.41, 5.74) is 4.07. The fraction of sp³-hybridized carbons (Fsp3) is 0.179. The number of aromatic nitrogens is 1. The van der Waals surface area contributed by atoms with Crippen LogP contribution in [0.3, 0.4) is 0 Å². The van der Waals surface area contributed by atoms with E-state index in [2.05, 4.69) is 87.5 Å². The van der Waals surface area contributed by atoms with Crippen molar-refractivity contribution in [3.8, 4) is 11.3 Å². The third kappa shape index (κ3) is 2.67. The lowest BCUT2D eigenvalue weighted by Crippen LogP contribution is -2.12. The molecule has 0 bridgehead atoms. The van der Waals surface area contributed by atoms with Gasteiger partial charge in [-0.25, -0.2) is 0 Å². The van der Waals surface area contributed by atoms with Crippen molar-refractivity contribution in [3.63, 3.8) is 0 Å². The maximum atomic E-state index is 4.92. The quantitative estimate of drug-likeness (QED) is 0.255. The second-order valence-electron chi connectivity index (χ2n) is 9.48. The molecule has 1 aliphatic rings. The zero-order valence-corrected chi connectivity index (χ0v) is 18.3. The van der Waals surface area contributed by atoms with E-state index in [1.165, 1.54) is 53.2 Å². The smallest absolute Gasteiger partial charge is 0.0803 e. The lowest BCUT2D eigenvalue weighted by Gasteiger charge is -2.27. The molecule has 2 heterocycles. The molecule has 146 valence electrons. The monoisotopic (exact) mass is 405 g/mol. The van der Waals surface area contributed by atoms with E-state index in [1.807, 2.05) is 18.0 Å². The maximum absolute atomic E-state index is 4.92. The van der Waals surface area contributed by atoms with Crippen LogP contribution in [0.4, 0.5) is 0 Å². The summed E-state index contributed by atoms with van der Waals surface area (Å²) < 4.78 is 0. The first kappa shape index (κ1) is 18.0. The van der Waals surface area contributed by atoms with E-state index in [0.717, 1.165) is 12.1 Å². The molecule has 6 rings (SSSR count). The first-order valence-corrected chi connectivity index (χ1v) is 11.3. The third-order valence-corrected chi connectivity index (χ3v) is 7.30. The molecule has 30 heavy (non-hydrogen) atoms. The fourth-order valence-corrected chi connectivity index (χ4v) is 6.17. The highest BCUT2D eigenvalue weighted by Gasteiger charge is 2.27. The van der Waals surface area contributed by atoms with Gasteiger partial charge in [-0.05, 0) is 62.5 Å². The largest absolute Gasteiger partial charge is 0.256 e. The van der Waals surface area contributed by atoms with E-state index in [1.54, 1.807) is 0 Å². The van der Waals surface area contributed by atoms with Gasteiger partial charge in [-0.2, -0.15) is 0 Å². The second kappa shape index (κ2) is 6.33. The van der Waals surface area contributed by atoms with Crippen molar-refractivity contribution < 1.29 is 0 Å². The highest BCUT2D eigenvalue weighted by atomic mass is 32.2. The molecule has 0 saturated heterocycles. The first-order valence-electron chi connectivity index (χ1n) is 10.5. The van der Waals surface area contributed by atoms with Gasteiger partial charge in [0.15, 0.2) is 0 Å². The Morgan fingerprint density at radius 2 is 1.47 bits per heavy atom. The minimum absolute atomic E-state index is 0.205. The molecule has 2 heteroatoms. The van der Waals surface area contributed by atoms with Crippen LogP contribution in [-0.2, 0) is 6.42 Å². The summed E-state index contributed by atoms with van der Waals surface area (Å²) in [6.07, 6.45) is 3.01. The van der Waals surface area contributed by atoms with Crippen LogP contribution >= 0.6 is 11.8 Å². The zero-order valence-electron chi connectivity index (χ0n) is 17.5. The summed E-state index contributed by atoms with van der Waals surface area (Å²) in [5, 5.41) is 7.87. The number of hydrogen-bond donors (Lipinski definition) is 0. The van der Waals surface area contributed by atoms with E-state index in [4.69, 9.17) is 4.98 Å². The molecule has 0 spiro atoms. The summed E-state index contributed by atoms with van der Waals surface area (Å²) in [6, 6.07) is 24.4. The van der Waals surface area contributed by atoms with Gasteiger partial charge in [-0.1, -0.05) is 81.1 Å². The second-order valence-corrected chi connectivity index (χ2v) is 10.5. The summed E-state index contributed by atoms with van der Waals surface area (Å²) in [5.74, 6) is 0. The van der Waals surface area contributed by atoms with Crippen LogP contribution in [0.25, 0.3) is 43.6 Å². The van der Waals surface area contributed by atoms with Crippen molar-refractivity contribution in [2.75, 3.05) is 0 Å². The standard InChI is InChI=1S/C28H23NS/c1-28(2,3)16-23-20-10-6-4-9-18(20)15-22-25-24-19(12-13-29-25)14-17-8-5-7-11-21(17)27(24)30-26(22)23/h4-15H,16H2,1-3H3. The molecule has 0 N–H and O–H groups in total. The van der Waals surface area contributed by atoms with E-state index in [0.29, 0.717) is 0 Å². The SMILES string of the molecule is CC(C)(C)Cc1c2c(cc3ccccc13)-c1nccc3cc4ccccc4c(c13)S2.